The van der Waals surface area contributed by atoms with E-state index in [1.807, 2.05) is 12.1 Å². The predicted octanol–water partition coefficient (Wildman–Crippen LogP) is 5.34. The van der Waals surface area contributed by atoms with Crippen LogP contribution in [0.2, 0.25) is 5.02 Å². The summed E-state index contributed by atoms with van der Waals surface area (Å²) in [6.45, 7) is 0. The number of methoxy groups -OCH3 is 2. The lowest BCUT2D eigenvalue weighted by atomic mass is 10.2. The molecule has 0 aliphatic carbocycles. The van der Waals surface area contributed by atoms with E-state index in [9.17, 15) is 9.59 Å². The van der Waals surface area contributed by atoms with Crippen LogP contribution in [0.4, 0.5) is 11.4 Å². The number of nitrogens with one attached hydrogen (secondary N) is 2. The van der Waals surface area contributed by atoms with Crippen molar-refractivity contribution in [2.75, 3.05) is 30.6 Å². The second kappa shape index (κ2) is 10.7. The van der Waals surface area contributed by atoms with E-state index < -0.39 is 0 Å². The molecule has 0 atom stereocenters. The Hall–Kier alpha value is -3.16. The summed E-state index contributed by atoms with van der Waals surface area (Å²) in [6.07, 6.45) is 0. The molecule has 160 valence electrons. The number of ether oxygens (including phenoxy) is 2. The molecule has 0 saturated carbocycles. The van der Waals surface area contributed by atoms with Crippen molar-refractivity contribution < 1.29 is 19.1 Å². The first-order valence-corrected chi connectivity index (χ1v) is 10.7. The summed E-state index contributed by atoms with van der Waals surface area (Å²) >= 11 is 7.46. The summed E-state index contributed by atoms with van der Waals surface area (Å²) < 4.78 is 10.2. The number of carbonyl (C=O) groups is 2. The second-order valence-electron chi connectivity index (χ2n) is 6.40. The minimum absolute atomic E-state index is 0.151. The van der Waals surface area contributed by atoms with Gasteiger partial charge in [-0.05, 0) is 60.7 Å². The van der Waals surface area contributed by atoms with Gasteiger partial charge in [0, 0.05) is 21.8 Å². The highest BCUT2D eigenvalue weighted by atomic mass is 35.5. The van der Waals surface area contributed by atoms with Crippen molar-refractivity contribution in [1.82, 2.24) is 0 Å². The van der Waals surface area contributed by atoms with Crippen molar-refractivity contribution in [3.8, 4) is 11.5 Å². The third-order valence-corrected chi connectivity index (χ3v) is 5.56. The summed E-state index contributed by atoms with van der Waals surface area (Å²) in [5, 5.41) is 6.08. The fraction of sp³-hybridized carbons (Fsp3) is 0.130. The van der Waals surface area contributed by atoms with E-state index in [4.69, 9.17) is 21.1 Å². The number of rotatable bonds is 8. The molecule has 3 aromatic rings. The number of thioether (sulfide) groups is 1. The molecule has 3 aromatic carbocycles. The van der Waals surface area contributed by atoms with Crippen LogP contribution in [0.5, 0.6) is 11.5 Å². The fourth-order valence-corrected chi connectivity index (χ4v) is 3.65. The number of amides is 2. The third kappa shape index (κ3) is 6.41. The van der Waals surface area contributed by atoms with Crippen LogP contribution in [0, 0.1) is 0 Å². The lowest BCUT2D eigenvalue weighted by Crippen LogP contribution is -2.14. The molecule has 31 heavy (non-hydrogen) atoms. The van der Waals surface area contributed by atoms with Crippen LogP contribution < -0.4 is 20.1 Å². The Balaban J connectivity index is 1.51. The quantitative estimate of drug-likeness (QED) is 0.447. The topological polar surface area (TPSA) is 76.7 Å². The fourth-order valence-electron chi connectivity index (χ4n) is 2.69. The molecule has 0 bridgehead atoms. The largest absolute Gasteiger partial charge is 0.497 e. The number of hydrogen-bond donors (Lipinski definition) is 2. The molecule has 0 aliphatic heterocycles. The SMILES string of the molecule is COc1cccc(C(=O)Nc2ccc(SCC(=O)Nc3ccc(OC)c(Cl)c3)cc2)c1. The van der Waals surface area contributed by atoms with Gasteiger partial charge >= 0.3 is 0 Å². The molecule has 0 aromatic heterocycles. The first-order chi connectivity index (χ1) is 15.0. The summed E-state index contributed by atoms with van der Waals surface area (Å²) in [6, 6.07) is 19.3. The van der Waals surface area contributed by atoms with Crippen molar-refractivity contribution >= 4 is 46.6 Å². The summed E-state index contributed by atoms with van der Waals surface area (Å²) in [7, 11) is 3.09. The van der Waals surface area contributed by atoms with Gasteiger partial charge in [-0.15, -0.1) is 11.8 Å². The number of hydrogen-bond acceptors (Lipinski definition) is 5. The van der Waals surface area contributed by atoms with Crippen molar-refractivity contribution in [3.63, 3.8) is 0 Å². The van der Waals surface area contributed by atoms with Crippen LogP contribution in [-0.4, -0.2) is 31.8 Å². The molecule has 2 amide bonds. The Labute approximate surface area is 189 Å². The average Bonchev–Trinajstić information content (AvgIpc) is 2.79. The molecule has 8 heteroatoms. The molecule has 0 heterocycles. The van der Waals surface area contributed by atoms with Gasteiger partial charge in [0.05, 0.1) is 25.0 Å². The van der Waals surface area contributed by atoms with Gasteiger partial charge in [-0.3, -0.25) is 9.59 Å². The van der Waals surface area contributed by atoms with Crippen molar-refractivity contribution in [3.05, 3.63) is 77.3 Å². The smallest absolute Gasteiger partial charge is 0.255 e. The van der Waals surface area contributed by atoms with Gasteiger partial charge < -0.3 is 20.1 Å². The van der Waals surface area contributed by atoms with E-state index in [-0.39, 0.29) is 17.6 Å². The van der Waals surface area contributed by atoms with Crippen LogP contribution in [0.3, 0.4) is 0 Å². The number of halogens is 1. The van der Waals surface area contributed by atoms with Crippen molar-refractivity contribution in [1.29, 1.82) is 0 Å². The van der Waals surface area contributed by atoms with E-state index in [1.165, 1.54) is 18.9 Å². The highest BCUT2D eigenvalue weighted by molar-refractivity contribution is 8.00. The standard InChI is InChI=1S/C23H21ClN2O4S/c1-29-18-5-3-4-15(12-18)23(28)26-16-6-9-19(10-7-16)31-14-22(27)25-17-8-11-21(30-2)20(24)13-17/h3-13H,14H2,1-2H3,(H,25,27)(H,26,28). The zero-order valence-corrected chi connectivity index (χ0v) is 18.5. The van der Waals surface area contributed by atoms with Gasteiger partial charge in [0.25, 0.3) is 5.91 Å². The maximum Gasteiger partial charge on any atom is 0.255 e. The molecular weight excluding hydrogens is 436 g/mol. The van der Waals surface area contributed by atoms with E-state index in [1.54, 1.807) is 61.7 Å². The van der Waals surface area contributed by atoms with E-state index in [0.29, 0.717) is 33.5 Å². The van der Waals surface area contributed by atoms with Crippen molar-refractivity contribution in [2.24, 2.45) is 0 Å². The summed E-state index contributed by atoms with van der Waals surface area (Å²) in [5.41, 5.74) is 1.77. The maximum atomic E-state index is 12.4. The number of benzene rings is 3. The van der Waals surface area contributed by atoms with Crippen LogP contribution >= 0.6 is 23.4 Å². The van der Waals surface area contributed by atoms with Crippen LogP contribution in [0.1, 0.15) is 10.4 Å². The molecule has 6 nitrogen and oxygen atoms in total. The zero-order chi connectivity index (χ0) is 22.2. The van der Waals surface area contributed by atoms with Crippen LogP contribution in [0.15, 0.2) is 71.6 Å². The van der Waals surface area contributed by atoms with Gasteiger partial charge in [0.15, 0.2) is 0 Å². The molecule has 0 radical (unpaired) electrons. The highest BCUT2D eigenvalue weighted by Crippen LogP contribution is 2.27. The third-order valence-electron chi connectivity index (χ3n) is 4.25. The Morgan fingerprint density at radius 2 is 1.65 bits per heavy atom. The molecule has 0 spiro atoms. The Kier molecular flexibility index (Phi) is 7.81. The minimum atomic E-state index is -0.225. The first kappa shape index (κ1) is 22.5. The highest BCUT2D eigenvalue weighted by Gasteiger charge is 2.09. The van der Waals surface area contributed by atoms with Gasteiger partial charge in [-0.1, -0.05) is 17.7 Å². The molecule has 0 aliphatic rings. The molecule has 0 fully saturated rings. The van der Waals surface area contributed by atoms with Gasteiger partial charge in [-0.2, -0.15) is 0 Å². The Morgan fingerprint density at radius 1 is 0.903 bits per heavy atom. The lowest BCUT2D eigenvalue weighted by molar-refractivity contribution is -0.113. The van der Waals surface area contributed by atoms with Gasteiger partial charge in [0.2, 0.25) is 5.91 Å². The lowest BCUT2D eigenvalue weighted by Gasteiger charge is -2.09. The van der Waals surface area contributed by atoms with E-state index in [2.05, 4.69) is 10.6 Å². The molecule has 3 rings (SSSR count). The Morgan fingerprint density at radius 3 is 2.32 bits per heavy atom. The first-order valence-electron chi connectivity index (χ1n) is 9.30. The molecule has 2 N–H and O–H groups in total. The van der Waals surface area contributed by atoms with E-state index >= 15 is 0 Å². The van der Waals surface area contributed by atoms with Crippen LogP contribution in [-0.2, 0) is 4.79 Å². The monoisotopic (exact) mass is 456 g/mol. The number of carbonyl (C=O) groups excluding carboxylic acids is 2. The van der Waals surface area contributed by atoms with Gasteiger partial charge in [0.1, 0.15) is 11.5 Å². The van der Waals surface area contributed by atoms with Crippen LogP contribution in [0.25, 0.3) is 0 Å². The summed E-state index contributed by atoms with van der Waals surface area (Å²) in [4.78, 5) is 25.5. The second-order valence-corrected chi connectivity index (χ2v) is 7.85. The Bertz CT molecular complexity index is 1070. The average molecular weight is 457 g/mol. The predicted molar refractivity (Wildman–Crippen MR) is 125 cm³/mol. The maximum absolute atomic E-state index is 12.4. The van der Waals surface area contributed by atoms with Crippen molar-refractivity contribution in [2.45, 2.75) is 4.90 Å². The van der Waals surface area contributed by atoms with E-state index in [0.717, 1.165) is 4.90 Å². The molecular formula is C23H21ClN2O4S. The molecule has 0 saturated heterocycles. The molecule has 0 unspecified atom stereocenters. The normalized spacial score (nSPS) is 10.3. The minimum Gasteiger partial charge on any atom is -0.497 e. The van der Waals surface area contributed by atoms with Gasteiger partial charge in [-0.25, -0.2) is 0 Å². The number of anilines is 2. The zero-order valence-electron chi connectivity index (χ0n) is 17.0. The summed E-state index contributed by atoms with van der Waals surface area (Å²) in [5.74, 6) is 1.03.